The quantitative estimate of drug-likeness (QED) is 0.845. The number of rotatable bonds is 6. The molecule has 2 rings (SSSR count). The molecular weight excluding hydrogens is 224 g/mol. The predicted molar refractivity (Wildman–Crippen MR) is 72.5 cm³/mol. The molecule has 0 saturated carbocycles. The topological polar surface area (TPSA) is 50.7 Å². The van der Waals surface area contributed by atoms with Crippen LogP contribution in [0, 0.1) is 0 Å². The first-order valence-electron chi connectivity index (χ1n) is 6.33. The fraction of sp³-hybridized carbons (Fsp3) is 0.357. The number of pyridine rings is 1. The van der Waals surface area contributed by atoms with E-state index in [1.807, 2.05) is 30.5 Å². The Morgan fingerprint density at radius 2 is 2.00 bits per heavy atom. The van der Waals surface area contributed by atoms with E-state index in [0.29, 0.717) is 0 Å². The summed E-state index contributed by atoms with van der Waals surface area (Å²) in [6, 6.07) is 7.98. The molecule has 2 aromatic rings. The molecule has 0 amide bonds. The number of hydrogen-bond donors (Lipinski definition) is 1. The zero-order valence-corrected chi connectivity index (χ0v) is 10.6. The van der Waals surface area contributed by atoms with Gasteiger partial charge in [-0.25, -0.2) is 9.97 Å². The fourth-order valence-electron chi connectivity index (χ4n) is 1.75. The second kappa shape index (κ2) is 6.69. The van der Waals surface area contributed by atoms with Gasteiger partial charge < -0.3 is 5.32 Å². The van der Waals surface area contributed by atoms with Crippen LogP contribution in [0.15, 0.2) is 36.8 Å². The van der Waals surface area contributed by atoms with Gasteiger partial charge in [0, 0.05) is 36.6 Å². The van der Waals surface area contributed by atoms with Crippen LogP contribution >= 0.6 is 0 Å². The van der Waals surface area contributed by atoms with Crippen LogP contribution in [-0.4, -0.2) is 21.5 Å². The van der Waals surface area contributed by atoms with Crippen molar-refractivity contribution in [1.82, 2.24) is 15.0 Å². The van der Waals surface area contributed by atoms with Gasteiger partial charge in [-0.05, 0) is 18.6 Å². The van der Waals surface area contributed by atoms with Gasteiger partial charge in [0.25, 0.3) is 0 Å². The Morgan fingerprint density at radius 1 is 1.06 bits per heavy atom. The summed E-state index contributed by atoms with van der Waals surface area (Å²) in [5.41, 5.74) is 2.18. The molecule has 0 fully saturated rings. The van der Waals surface area contributed by atoms with E-state index >= 15 is 0 Å². The lowest BCUT2D eigenvalue weighted by Crippen LogP contribution is -2.08. The maximum atomic E-state index is 4.28. The maximum absolute atomic E-state index is 4.28. The Hall–Kier alpha value is -1.97. The molecule has 94 valence electrons. The number of nitrogens with one attached hydrogen (secondary N) is 1. The molecule has 0 spiro atoms. The van der Waals surface area contributed by atoms with Gasteiger partial charge in [0.05, 0.1) is 0 Å². The zero-order chi connectivity index (χ0) is 12.6. The van der Waals surface area contributed by atoms with Crippen LogP contribution in [0.3, 0.4) is 0 Å². The SMILES string of the molecule is CCCc1cc(NCCc2ccccn2)ncn1. The second-order valence-electron chi connectivity index (χ2n) is 4.14. The van der Waals surface area contributed by atoms with Gasteiger partial charge in [0.1, 0.15) is 12.1 Å². The minimum atomic E-state index is 0.833. The standard InChI is InChI=1S/C14H18N4/c1-2-5-13-10-14(18-11-17-13)16-9-7-12-6-3-4-8-15-12/h3-4,6,8,10-11H,2,5,7,9H2,1H3,(H,16,17,18). The minimum Gasteiger partial charge on any atom is -0.370 e. The summed E-state index contributed by atoms with van der Waals surface area (Å²) in [6.45, 7) is 2.98. The maximum Gasteiger partial charge on any atom is 0.129 e. The van der Waals surface area contributed by atoms with Crippen molar-refractivity contribution in [3.8, 4) is 0 Å². The van der Waals surface area contributed by atoms with Crippen LogP contribution in [0.5, 0.6) is 0 Å². The molecule has 0 aliphatic carbocycles. The number of nitrogens with zero attached hydrogens (tertiary/aromatic N) is 3. The molecule has 0 bridgehead atoms. The predicted octanol–water partition coefficient (Wildman–Crippen LogP) is 2.48. The van der Waals surface area contributed by atoms with E-state index in [4.69, 9.17) is 0 Å². The van der Waals surface area contributed by atoms with Crippen molar-refractivity contribution < 1.29 is 0 Å². The minimum absolute atomic E-state index is 0.833. The molecule has 2 aromatic heterocycles. The molecule has 0 aromatic carbocycles. The van der Waals surface area contributed by atoms with Gasteiger partial charge in [-0.3, -0.25) is 4.98 Å². The van der Waals surface area contributed by atoms with Crippen LogP contribution in [0.1, 0.15) is 24.7 Å². The summed E-state index contributed by atoms with van der Waals surface area (Å²) < 4.78 is 0. The van der Waals surface area contributed by atoms with Crippen LogP contribution in [-0.2, 0) is 12.8 Å². The summed E-state index contributed by atoms with van der Waals surface area (Å²) in [5, 5.41) is 3.30. The molecule has 18 heavy (non-hydrogen) atoms. The summed E-state index contributed by atoms with van der Waals surface area (Å²) in [7, 11) is 0. The Bertz CT molecular complexity index is 470. The average Bonchev–Trinajstić information content (AvgIpc) is 2.41. The highest BCUT2D eigenvalue weighted by atomic mass is 15.0. The first-order chi connectivity index (χ1) is 8.88. The summed E-state index contributed by atoms with van der Waals surface area (Å²) >= 11 is 0. The van der Waals surface area contributed by atoms with Crippen molar-refractivity contribution in [2.75, 3.05) is 11.9 Å². The van der Waals surface area contributed by atoms with Crippen LogP contribution in [0.2, 0.25) is 0 Å². The highest BCUT2D eigenvalue weighted by molar-refractivity contribution is 5.34. The lowest BCUT2D eigenvalue weighted by Gasteiger charge is -2.06. The average molecular weight is 242 g/mol. The van der Waals surface area contributed by atoms with E-state index in [-0.39, 0.29) is 0 Å². The van der Waals surface area contributed by atoms with E-state index in [9.17, 15) is 0 Å². The molecule has 1 N–H and O–H groups in total. The van der Waals surface area contributed by atoms with Gasteiger partial charge in [0.15, 0.2) is 0 Å². The molecule has 0 atom stereocenters. The lowest BCUT2D eigenvalue weighted by atomic mass is 10.2. The molecule has 4 nitrogen and oxygen atoms in total. The molecule has 0 unspecified atom stereocenters. The molecule has 0 radical (unpaired) electrons. The van der Waals surface area contributed by atoms with E-state index in [1.165, 1.54) is 0 Å². The van der Waals surface area contributed by atoms with Gasteiger partial charge in [-0.2, -0.15) is 0 Å². The van der Waals surface area contributed by atoms with E-state index < -0.39 is 0 Å². The molecule has 4 heteroatoms. The highest BCUT2D eigenvalue weighted by Crippen LogP contribution is 2.06. The lowest BCUT2D eigenvalue weighted by molar-refractivity contribution is 0.869. The van der Waals surface area contributed by atoms with Gasteiger partial charge in [0.2, 0.25) is 0 Å². The second-order valence-corrected chi connectivity index (χ2v) is 4.14. The van der Waals surface area contributed by atoms with Crippen LogP contribution in [0.25, 0.3) is 0 Å². The van der Waals surface area contributed by atoms with Crippen molar-refractivity contribution in [1.29, 1.82) is 0 Å². The molecule has 0 aliphatic rings. The largest absolute Gasteiger partial charge is 0.370 e. The van der Waals surface area contributed by atoms with E-state index in [0.717, 1.165) is 43.0 Å². The van der Waals surface area contributed by atoms with E-state index in [2.05, 4.69) is 27.2 Å². The number of hydrogen-bond acceptors (Lipinski definition) is 4. The third kappa shape index (κ3) is 3.80. The Kier molecular flexibility index (Phi) is 4.64. The summed E-state index contributed by atoms with van der Waals surface area (Å²) in [4.78, 5) is 12.7. The van der Waals surface area contributed by atoms with Crippen molar-refractivity contribution in [3.63, 3.8) is 0 Å². The number of aromatic nitrogens is 3. The smallest absolute Gasteiger partial charge is 0.129 e. The molecule has 0 aliphatic heterocycles. The normalized spacial score (nSPS) is 10.3. The van der Waals surface area contributed by atoms with Crippen molar-refractivity contribution in [2.45, 2.75) is 26.2 Å². The Labute approximate surface area is 108 Å². The molecular formula is C14H18N4. The number of anilines is 1. The number of aryl methyl sites for hydroxylation is 1. The highest BCUT2D eigenvalue weighted by Gasteiger charge is 1.98. The summed E-state index contributed by atoms with van der Waals surface area (Å²) in [6.07, 6.45) is 6.43. The van der Waals surface area contributed by atoms with Gasteiger partial charge in [-0.15, -0.1) is 0 Å². The van der Waals surface area contributed by atoms with Crippen molar-refractivity contribution >= 4 is 5.82 Å². The van der Waals surface area contributed by atoms with Crippen LogP contribution in [0.4, 0.5) is 5.82 Å². The molecule has 2 heterocycles. The first kappa shape index (κ1) is 12.5. The third-order valence-electron chi connectivity index (χ3n) is 2.64. The first-order valence-corrected chi connectivity index (χ1v) is 6.33. The van der Waals surface area contributed by atoms with Gasteiger partial charge in [-0.1, -0.05) is 19.4 Å². The summed E-state index contributed by atoms with van der Waals surface area (Å²) in [5.74, 6) is 0.893. The Morgan fingerprint density at radius 3 is 2.78 bits per heavy atom. The Balaban J connectivity index is 1.84. The van der Waals surface area contributed by atoms with E-state index in [1.54, 1.807) is 6.33 Å². The molecule has 0 saturated heterocycles. The van der Waals surface area contributed by atoms with Gasteiger partial charge >= 0.3 is 0 Å². The monoisotopic (exact) mass is 242 g/mol. The van der Waals surface area contributed by atoms with Crippen molar-refractivity contribution in [2.24, 2.45) is 0 Å². The van der Waals surface area contributed by atoms with Crippen LogP contribution < -0.4 is 5.32 Å². The zero-order valence-electron chi connectivity index (χ0n) is 10.6. The third-order valence-corrected chi connectivity index (χ3v) is 2.64. The fourth-order valence-corrected chi connectivity index (χ4v) is 1.75. The van der Waals surface area contributed by atoms with Crippen molar-refractivity contribution in [3.05, 3.63) is 48.2 Å².